The van der Waals surface area contributed by atoms with Crippen LogP contribution >= 0.6 is 0 Å². The molecule has 1 N–H and O–H groups in total. The van der Waals surface area contributed by atoms with Crippen molar-refractivity contribution in [1.82, 2.24) is 0 Å². The van der Waals surface area contributed by atoms with E-state index in [0.717, 1.165) is 42.4 Å². The number of aliphatic hydroxyl groups is 1. The highest BCUT2D eigenvalue weighted by Crippen LogP contribution is 2.67. The molecule has 1 nitrogen and oxygen atoms in total. The standard InChI is InChI=1S/C28H46O/c1-18(2)19(3)7-8-20(4)24-11-12-25-23-10-9-21-17-22(29)13-15-27(21,5)26(23)14-16-28(24,25)6/h7-9,18-20,22-26,29H,10-17H2,1-6H3/b8-7+/t19-,20+,22-,23?,24+,25?,26?,27?,28?/m0/s1. The zero-order valence-corrected chi connectivity index (χ0v) is 20.0. The van der Waals surface area contributed by atoms with E-state index in [-0.39, 0.29) is 6.10 Å². The molecule has 1 heteroatoms. The van der Waals surface area contributed by atoms with Gasteiger partial charge in [0.05, 0.1) is 6.10 Å². The minimum Gasteiger partial charge on any atom is -0.393 e. The first-order valence-electron chi connectivity index (χ1n) is 12.7. The van der Waals surface area contributed by atoms with Crippen LogP contribution in [0.25, 0.3) is 0 Å². The average Bonchev–Trinajstić information content (AvgIpc) is 3.03. The molecule has 29 heavy (non-hydrogen) atoms. The Balaban J connectivity index is 1.53. The van der Waals surface area contributed by atoms with Crippen molar-refractivity contribution in [1.29, 1.82) is 0 Å². The van der Waals surface area contributed by atoms with Crippen molar-refractivity contribution in [2.45, 2.75) is 99.0 Å². The number of aliphatic hydroxyl groups excluding tert-OH is 1. The van der Waals surface area contributed by atoms with E-state index in [4.69, 9.17) is 0 Å². The van der Waals surface area contributed by atoms with Crippen LogP contribution in [-0.2, 0) is 0 Å². The van der Waals surface area contributed by atoms with Crippen LogP contribution in [0, 0.1) is 52.3 Å². The van der Waals surface area contributed by atoms with Crippen LogP contribution in [0.3, 0.4) is 0 Å². The summed E-state index contributed by atoms with van der Waals surface area (Å²) in [7, 11) is 0. The van der Waals surface area contributed by atoms with Gasteiger partial charge >= 0.3 is 0 Å². The maximum Gasteiger partial charge on any atom is 0.0577 e. The smallest absolute Gasteiger partial charge is 0.0577 e. The largest absolute Gasteiger partial charge is 0.393 e. The molecule has 0 heterocycles. The topological polar surface area (TPSA) is 20.2 Å². The molecule has 4 aliphatic carbocycles. The van der Waals surface area contributed by atoms with Crippen molar-refractivity contribution in [3.8, 4) is 0 Å². The molecule has 4 aliphatic rings. The van der Waals surface area contributed by atoms with E-state index in [1.807, 2.05) is 0 Å². The van der Waals surface area contributed by atoms with Crippen molar-refractivity contribution in [2.24, 2.45) is 52.3 Å². The molecule has 0 aliphatic heterocycles. The molecule has 3 fully saturated rings. The van der Waals surface area contributed by atoms with Crippen LogP contribution in [0.4, 0.5) is 0 Å². The van der Waals surface area contributed by atoms with Gasteiger partial charge in [-0.3, -0.25) is 0 Å². The summed E-state index contributed by atoms with van der Waals surface area (Å²) < 4.78 is 0. The summed E-state index contributed by atoms with van der Waals surface area (Å²) in [5, 5.41) is 10.2. The Morgan fingerprint density at radius 1 is 0.966 bits per heavy atom. The average molecular weight is 399 g/mol. The van der Waals surface area contributed by atoms with Crippen molar-refractivity contribution in [3.63, 3.8) is 0 Å². The summed E-state index contributed by atoms with van der Waals surface area (Å²) in [4.78, 5) is 0. The molecule has 0 saturated heterocycles. The SMILES string of the molecule is CC(C)[C@@H](C)/C=C/[C@@H](C)[C@H]1CCC2C3CC=C4C[C@@H](O)CCC4(C)C3CCC21C. The van der Waals surface area contributed by atoms with Gasteiger partial charge in [0.2, 0.25) is 0 Å². The van der Waals surface area contributed by atoms with E-state index in [2.05, 4.69) is 59.8 Å². The zero-order valence-electron chi connectivity index (χ0n) is 20.0. The van der Waals surface area contributed by atoms with Gasteiger partial charge in [-0.1, -0.05) is 65.3 Å². The molecule has 3 saturated carbocycles. The maximum atomic E-state index is 10.2. The predicted octanol–water partition coefficient (Wildman–Crippen LogP) is 7.41. The third kappa shape index (κ3) is 3.58. The highest BCUT2D eigenvalue weighted by Gasteiger charge is 2.58. The zero-order chi connectivity index (χ0) is 21.0. The van der Waals surface area contributed by atoms with Crippen molar-refractivity contribution < 1.29 is 5.11 Å². The summed E-state index contributed by atoms with van der Waals surface area (Å²) in [6, 6.07) is 0. The Bertz CT molecular complexity index is 659. The summed E-state index contributed by atoms with van der Waals surface area (Å²) in [5.41, 5.74) is 2.51. The van der Waals surface area contributed by atoms with Crippen LogP contribution in [0.5, 0.6) is 0 Å². The molecule has 0 aromatic rings. The van der Waals surface area contributed by atoms with E-state index in [9.17, 15) is 5.11 Å². The van der Waals surface area contributed by atoms with Crippen LogP contribution in [0.2, 0.25) is 0 Å². The fourth-order valence-corrected chi connectivity index (χ4v) is 8.25. The van der Waals surface area contributed by atoms with Gasteiger partial charge < -0.3 is 5.11 Å². The van der Waals surface area contributed by atoms with E-state index in [1.54, 1.807) is 5.57 Å². The van der Waals surface area contributed by atoms with Crippen molar-refractivity contribution in [3.05, 3.63) is 23.8 Å². The quantitative estimate of drug-likeness (QED) is 0.489. The normalized spacial score (nSPS) is 46.8. The van der Waals surface area contributed by atoms with Crippen molar-refractivity contribution >= 4 is 0 Å². The summed E-state index contributed by atoms with van der Waals surface area (Å²) >= 11 is 0. The van der Waals surface area contributed by atoms with E-state index in [0.29, 0.717) is 22.7 Å². The van der Waals surface area contributed by atoms with Gasteiger partial charge in [-0.15, -0.1) is 0 Å². The Hall–Kier alpha value is -0.560. The van der Waals surface area contributed by atoms with Crippen LogP contribution < -0.4 is 0 Å². The van der Waals surface area contributed by atoms with E-state index >= 15 is 0 Å². The number of fused-ring (bicyclic) bond motifs is 5. The predicted molar refractivity (Wildman–Crippen MR) is 124 cm³/mol. The molecule has 164 valence electrons. The first-order chi connectivity index (χ1) is 13.7. The number of rotatable bonds is 4. The molecular formula is C28H46O. The van der Waals surface area contributed by atoms with Gasteiger partial charge in [0.25, 0.3) is 0 Å². The van der Waals surface area contributed by atoms with Crippen LogP contribution in [0.1, 0.15) is 92.9 Å². The van der Waals surface area contributed by atoms with Gasteiger partial charge in [-0.05, 0) is 104 Å². The minimum absolute atomic E-state index is 0.0866. The van der Waals surface area contributed by atoms with Crippen LogP contribution in [0.15, 0.2) is 23.8 Å². The van der Waals surface area contributed by atoms with Gasteiger partial charge in [0, 0.05) is 0 Å². The molecular weight excluding hydrogens is 352 g/mol. The summed E-state index contributed by atoms with van der Waals surface area (Å²) in [6.07, 6.45) is 17.7. The third-order valence-corrected chi connectivity index (χ3v) is 10.6. The molecule has 0 aromatic heterocycles. The first-order valence-corrected chi connectivity index (χ1v) is 12.7. The Labute approximate surface area is 180 Å². The van der Waals surface area contributed by atoms with Crippen LogP contribution in [-0.4, -0.2) is 11.2 Å². The van der Waals surface area contributed by atoms with Gasteiger partial charge in [-0.2, -0.15) is 0 Å². The number of hydrogen-bond donors (Lipinski definition) is 1. The fraction of sp³-hybridized carbons (Fsp3) is 0.857. The highest BCUT2D eigenvalue weighted by atomic mass is 16.3. The molecule has 0 radical (unpaired) electrons. The van der Waals surface area contributed by atoms with E-state index < -0.39 is 0 Å². The Morgan fingerprint density at radius 2 is 1.72 bits per heavy atom. The lowest BCUT2D eigenvalue weighted by Crippen LogP contribution is -2.50. The molecule has 4 rings (SSSR count). The molecule has 5 unspecified atom stereocenters. The minimum atomic E-state index is -0.0866. The third-order valence-electron chi connectivity index (χ3n) is 10.6. The molecule has 0 spiro atoms. The second kappa shape index (κ2) is 7.85. The lowest BCUT2D eigenvalue weighted by atomic mass is 9.47. The van der Waals surface area contributed by atoms with E-state index in [1.165, 1.54) is 38.5 Å². The monoisotopic (exact) mass is 398 g/mol. The van der Waals surface area contributed by atoms with Gasteiger partial charge in [0.1, 0.15) is 0 Å². The molecule has 0 amide bonds. The Kier molecular flexibility index (Phi) is 5.86. The molecule has 9 atom stereocenters. The van der Waals surface area contributed by atoms with Gasteiger partial charge in [0.15, 0.2) is 0 Å². The molecule has 0 aromatic carbocycles. The van der Waals surface area contributed by atoms with Gasteiger partial charge in [-0.25, -0.2) is 0 Å². The second-order valence-electron chi connectivity index (χ2n) is 12.2. The summed E-state index contributed by atoms with van der Waals surface area (Å²) in [5.74, 6) is 5.63. The summed E-state index contributed by atoms with van der Waals surface area (Å²) in [6.45, 7) is 14.7. The fourth-order valence-electron chi connectivity index (χ4n) is 8.25. The number of allylic oxidation sites excluding steroid dienone is 3. The maximum absolute atomic E-state index is 10.2. The molecule has 0 bridgehead atoms. The highest BCUT2D eigenvalue weighted by molar-refractivity contribution is 5.25. The van der Waals surface area contributed by atoms with Crippen molar-refractivity contribution in [2.75, 3.05) is 0 Å². The number of hydrogen-bond acceptors (Lipinski definition) is 1. The lowest BCUT2D eigenvalue weighted by molar-refractivity contribution is -0.0540. The lowest BCUT2D eigenvalue weighted by Gasteiger charge is -2.58. The second-order valence-corrected chi connectivity index (χ2v) is 12.2. The first kappa shape index (κ1) is 21.7. The Morgan fingerprint density at radius 3 is 2.45 bits per heavy atom.